The predicted octanol–water partition coefficient (Wildman–Crippen LogP) is 5.78. The third kappa shape index (κ3) is 2.82. The van der Waals surface area contributed by atoms with Crippen molar-refractivity contribution in [2.24, 2.45) is 0 Å². The van der Waals surface area contributed by atoms with E-state index >= 15 is 0 Å². The Morgan fingerprint density at radius 1 is 1.08 bits per heavy atom. The summed E-state index contributed by atoms with van der Waals surface area (Å²) in [5, 5.41) is 2.11. The lowest BCUT2D eigenvalue weighted by atomic mass is 10.1. The van der Waals surface area contributed by atoms with Gasteiger partial charge in [-0.25, -0.2) is 9.97 Å². The minimum absolute atomic E-state index is 0.900. The van der Waals surface area contributed by atoms with Crippen LogP contribution >= 0.6 is 27.7 Å². The van der Waals surface area contributed by atoms with Gasteiger partial charge in [-0.1, -0.05) is 51.5 Å². The quantitative estimate of drug-likeness (QED) is 0.351. The lowest BCUT2D eigenvalue weighted by Crippen LogP contribution is -1.90. The number of hydrogen-bond donors (Lipinski definition) is 1. The zero-order valence-corrected chi connectivity index (χ0v) is 15.8. The molecule has 0 saturated carbocycles. The van der Waals surface area contributed by atoms with E-state index in [2.05, 4.69) is 75.1 Å². The van der Waals surface area contributed by atoms with Gasteiger partial charge in [-0.15, -0.1) is 0 Å². The second-order valence-corrected chi connectivity index (χ2v) is 7.82. The molecule has 0 spiro atoms. The number of benzene rings is 2. The number of H-pyrrole nitrogens is 1. The fourth-order valence-electron chi connectivity index (χ4n) is 2.91. The molecule has 120 valence electrons. The van der Waals surface area contributed by atoms with Crippen molar-refractivity contribution in [1.29, 1.82) is 0 Å². The summed E-state index contributed by atoms with van der Waals surface area (Å²) in [5.41, 5.74) is 7.04. The molecule has 0 atom stereocenters. The second kappa shape index (κ2) is 6.22. The first-order valence-corrected chi connectivity index (χ1v) is 9.50. The molecule has 2 aromatic carbocycles. The van der Waals surface area contributed by atoms with Gasteiger partial charge in [0.25, 0.3) is 0 Å². The summed E-state index contributed by atoms with van der Waals surface area (Å²) in [6, 6.07) is 12.8. The van der Waals surface area contributed by atoms with E-state index in [0.717, 1.165) is 37.2 Å². The van der Waals surface area contributed by atoms with Crippen molar-refractivity contribution in [3.63, 3.8) is 0 Å². The molecule has 0 bridgehead atoms. The summed E-state index contributed by atoms with van der Waals surface area (Å²) < 4.78 is 1.05. The van der Waals surface area contributed by atoms with Crippen LogP contribution in [0.25, 0.3) is 21.9 Å². The summed E-state index contributed by atoms with van der Waals surface area (Å²) in [7, 11) is 0. The van der Waals surface area contributed by atoms with E-state index in [9.17, 15) is 0 Å². The minimum Gasteiger partial charge on any atom is -0.351 e. The summed E-state index contributed by atoms with van der Waals surface area (Å²) in [4.78, 5) is 12.4. The third-order valence-corrected chi connectivity index (χ3v) is 5.70. The van der Waals surface area contributed by atoms with Crippen LogP contribution in [0.3, 0.4) is 0 Å². The Morgan fingerprint density at radius 2 is 1.96 bits per heavy atom. The van der Waals surface area contributed by atoms with Gasteiger partial charge in [-0.3, -0.25) is 0 Å². The van der Waals surface area contributed by atoms with Gasteiger partial charge < -0.3 is 4.98 Å². The molecule has 2 heterocycles. The van der Waals surface area contributed by atoms with E-state index in [0.29, 0.717) is 0 Å². The topological polar surface area (TPSA) is 41.6 Å². The first kappa shape index (κ1) is 15.7. The van der Waals surface area contributed by atoms with E-state index in [1.165, 1.54) is 16.7 Å². The molecule has 0 amide bonds. The number of fused-ring (bicyclic) bond motifs is 3. The fraction of sp³-hybridized carbons (Fsp3) is 0.158. The van der Waals surface area contributed by atoms with Crippen LogP contribution in [0.1, 0.15) is 16.7 Å². The predicted molar refractivity (Wildman–Crippen MR) is 105 cm³/mol. The Kier molecular flexibility index (Phi) is 4.06. The number of nitrogens with zero attached hydrogens (tertiary/aromatic N) is 2. The van der Waals surface area contributed by atoms with Crippen molar-refractivity contribution < 1.29 is 0 Å². The number of aromatic nitrogens is 3. The van der Waals surface area contributed by atoms with E-state index in [1.54, 1.807) is 18.1 Å². The first-order chi connectivity index (χ1) is 11.6. The standard InChI is InChI=1S/C19H16BrN3S/c1-11-3-4-13(12(2)7-11)9-24-19-18-17(21-10-22-19)15-8-14(20)5-6-16(15)23-18/h3-8,10,23H,9H2,1-2H3. The SMILES string of the molecule is Cc1ccc(CSc2ncnc3c2[nH]c2ccc(Br)cc23)c(C)c1. The molecule has 0 aliphatic heterocycles. The van der Waals surface area contributed by atoms with E-state index < -0.39 is 0 Å². The Labute approximate surface area is 153 Å². The minimum atomic E-state index is 0.900. The van der Waals surface area contributed by atoms with Crippen LogP contribution in [-0.4, -0.2) is 15.0 Å². The zero-order valence-electron chi connectivity index (χ0n) is 13.4. The average molecular weight is 398 g/mol. The van der Waals surface area contributed by atoms with Crippen LogP contribution in [-0.2, 0) is 5.75 Å². The molecule has 4 rings (SSSR count). The van der Waals surface area contributed by atoms with Gasteiger partial charge >= 0.3 is 0 Å². The monoisotopic (exact) mass is 397 g/mol. The number of aromatic amines is 1. The highest BCUT2D eigenvalue weighted by Crippen LogP contribution is 2.32. The van der Waals surface area contributed by atoms with Gasteiger partial charge in [0.05, 0.1) is 5.52 Å². The highest BCUT2D eigenvalue weighted by molar-refractivity contribution is 9.10. The van der Waals surface area contributed by atoms with Crippen LogP contribution in [0.2, 0.25) is 0 Å². The summed E-state index contributed by atoms with van der Waals surface area (Å²) in [6.07, 6.45) is 1.65. The van der Waals surface area contributed by atoms with Gasteiger partial charge in [0.1, 0.15) is 16.9 Å². The van der Waals surface area contributed by atoms with E-state index in [1.807, 2.05) is 6.07 Å². The molecule has 0 unspecified atom stereocenters. The summed E-state index contributed by atoms with van der Waals surface area (Å²) in [5.74, 6) is 0.900. The molecule has 0 saturated heterocycles. The van der Waals surface area contributed by atoms with Crippen molar-refractivity contribution in [2.45, 2.75) is 24.6 Å². The lowest BCUT2D eigenvalue weighted by molar-refractivity contribution is 1.09. The highest BCUT2D eigenvalue weighted by atomic mass is 79.9. The summed E-state index contributed by atoms with van der Waals surface area (Å²) in [6.45, 7) is 4.29. The molecule has 0 aliphatic carbocycles. The van der Waals surface area contributed by atoms with Crippen molar-refractivity contribution in [3.8, 4) is 0 Å². The number of thioether (sulfide) groups is 1. The fourth-order valence-corrected chi connectivity index (χ4v) is 4.30. The maximum absolute atomic E-state index is 4.50. The molecule has 5 heteroatoms. The maximum Gasteiger partial charge on any atom is 0.124 e. The van der Waals surface area contributed by atoms with Crippen LogP contribution in [0.15, 0.2) is 52.2 Å². The van der Waals surface area contributed by atoms with E-state index in [4.69, 9.17) is 0 Å². The molecule has 24 heavy (non-hydrogen) atoms. The molecule has 1 N–H and O–H groups in total. The molecule has 2 aromatic heterocycles. The third-order valence-electron chi connectivity index (χ3n) is 4.17. The summed E-state index contributed by atoms with van der Waals surface area (Å²) >= 11 is 5.28. The molecule has 0 radical (unpaired) electrons. The van der Waals surface area contributed by atoms with Gasteiger partial charge in [0.15, 0.2) is 0 Å². The second-order valence-electron chi connectivity index (χ2n) is 5.94. The number of rotatable bonds is 3. The van der Waals surface area contributed by atoms with Gasteiger partial charge in [0.2, 0.25) is 0 Å². The normalized spacial score (nSPS) is 11.5. The van der Waals surface area contributed by atoms with Gasteiger partial charge in [0, 0.05) is 21.1 Å². The number of halogens is 1. The van der Waals surface area contributed by atoms with Crippen molar-refractivity contribution in [2.75, 3.05) is 0 Å². The molecule has 0 aliphatic rings. The molecule has 3 nitrogen and oxygen atoms in total. The molecule has 0 fully saturated rings. The van der Waals surface area contributed by atoms with Crippen LogP contribution < -0.4 is 0 Å². The number of hydrogen-bond acceptors (Lipinski definition) is 3. The zero-order chi connectivity index (χ0) is 16.7. The van der Waals surface area contributed by atoms with Crippen LogP contribution in [0, 0.1) is 13.8 Å². The first-order valence-electron chi connectivity index (χ1n) is 7.73. The average Bonchev–Trinajstić information content (AvgIpc) is 2.93. The van der Waals surface area contributed by atoms with Gasteiger partial charge in [-0.05, 0) is 43.2 Å². The van der Waals surface area contributed by atoms with Crippen molar-refractivity contribution in [1.82, 2.24) is 15.0 Å². The Bertz CT molecular complexity index is 1060. The Balaban J connectivity index is 1.73. The largest absolute Gasteiger partial charge is 0.351 e. The lowest BCUT2D eigenvalue weighted by Gasteiger charge is -2.06. The number of nitrogens with one attached hydrogen (secondary N) is 1. The van der Waals surface area contributed by atoms with Crippen LogP contribution in [0.5, 0.6) is 0 Å². The van der Waals surface area contributed by atoms with Crippen LogP contribution in [0.4, 0.5) is 0 Å². The Morgan fingerprint density at radius 3 is 2.79 bits per heavy atom. The number of aryl methyl sites for hydroxylation is 2. The Hall–Kier alpha value is -1.85. The van der Waals surface area contributed by atoms with Gasteiger partial charge in [-0.2, -0.15) is 0 Å². The smallest absolute Gasteiger partial charge is 0.124 e. The highest BCUT2D eigenvalue weighted by Gasteiger charge is 2.12. The van der Waals surface area contributed by atoms with Crippen molar-refractivity contribution >= 4 is 49.6 Å². The maximum atomic E-state index is 4.50. The van der Waals surface area contributed by atoms with E-state index in [-0.39, 0.29) is 0 Å². The molecular weight excluding hydrogens is 382 g/mol. The van der Waals surface area contributed by atoms with Crippen molar-refractivity contribution in [3.05, 3.63) is 63.9 Å². The molecule has 4 aromatic rings. The molecular formula is C19H16BrN3S.